The molecular weight excluding hydrogens is 316 g/mol. The lowest BCUT2D eigenvalue weighted by Crippen LogP contribution is -2.38. The van der Waals surface area contributed by atoms with Crippen molar-refractivity contribution >= 4 is 6.03 Å². The highest BCUT2D eigenvalue weighted by atomic mass is 16.5. The van der Waals surface area contributed by atoms with E-state index in [4.69, 9.17) is 9.47 Å². The third-order valence-electron chi connectivity index (χ3n) is 3.87. The van der Waals surface area contributed by atoms with Gasteiger partial charge in [-0.05, 0) is 36.1 Å². The molecule has 0 aliphatic heterocycles. The first-order chi connectivity index (χ1) is 12.2. The standard InChI is InChI=1S/C20H26N2O3/c1-3-16-8-4-7-11-19(16)25-15-14-22-20(23)21-13-12-17-9-5-6-10-18(17)24-2/h4-11H,3,12-15H2,1-2H3,(H2,21,22,23). The molecule has 25 heavy (non-hydrogen) atoms. The van der Waals surface area contributed by atoms with Gasteiger partial charge in [-0.1, -0.05) is 43.3 Å². The molecule has 0 aliphatic carbocycles. The van der Waals surface area contributed by atoms with Gasteiger partial charge in [-0.25, -0.2) is 4.79 Å². The maximum Gasteiger partial charge on any atom is 0.314 e. The Morgan fingerprint density at radius 2 is 1.56 bits per heavy atom. The van der Waals surface area contributed by atoms with E-state index in [1.165, 1.54) is 5.56 Å². The Labute approximate surface area is 149 Å². The lowest BCUT2D eigenvalue weighted by atomic mass is 10.1. The Hall–Kier alpha value is -2.69. The summed E-state index contributed by atoms with van der Waals surface area (Å²) in [6, 6.07) is 15.6. The van der Waals surface area contributed by atoms with Crippen LogP contribution in [0.1, 0.15) is 18.1 Å². The van der Waals surface area contributed by atoms with Crippen LogP contribution in [-0.2, 0) is 12.8 Å². The van der Waals surface area contributed by atoms with E-state index < -0.39 is 0 Å². The van der Waals surface area contributed by atoms with Crippen LogP contribution in [-0.4, -0.2) is 32.8 Å². The van der Waals surface area contributed by atoms with Gasteiger partial charge in [0.1, 0.15) is 18.1 Å². The molecule has 134 valence electrons. The number of hydrogen-bond acceptors (Lipinski definition) is 3. The van der Waals surface area contributed by atoms with Gasteiger partial charge in [-0.2, -0.15) is 0 Å². The topological polar surface area (TPSA) is 59.6 Å². The van der Waals surface area contributed by atoms with E-state index in [-0.39, 0.29) is 6.03 Å². The van der Waals surface area contributed by atoms with Gasteiger partial charge in [0, 0.05) is 6.54 Å². The van der Waals surface area contributed by atoms with E-state index in [0.717, 1.165) is 29.9 Å². The number of urea groups is 1. The number of carbonyl (C=O) groups is 1. The van der Waals surface area contributed by atoms with Crippen LogP contribution < -0.4 is 20.1 Å². The van der Waals surface area contributed by atoms with Crippen molar-refractivity contribution < 1.29 is 14.3 Å². The molecular formula is C20H26N2O3. The van der Waals surface area contributed by atoms with Crippen molar-refractivity contribution in [2.24, 2.45) is 0 Å². The van der Waals surface area contributed by atoms with Crippen molar-refractivity contribution in [3.63, 3.8) is 0 Å². The van der Waals surface area contributed by atoms with Gasteiger partial charge in [0.05, 0.1) is 13.7 Å². The number of para-hydroxylation sites is 2. The fourth-order valence-corrected chi connectivity index (χ4v) is 2.54. The van der Waals surface area contributed by atoms with Gasteiger partial charge in [0.2, 0.25) is 0 Å². The van der Waals surface area contributed by atoms with Crippen LogP contribution in [0.25, 0.3) is 0 Å². The molecule has 0 heterocycles. The highest BCUT2D eigenvalue weighted by Gasteiger charge is 2.04. The van der Waals surface area contributed by atoms with Crippen LogP contribution in [0, 0.1) is 0 Å². The number of amides is 2. The monoisotopic (exact) mass is 342 g/mol. The first-order valence-electron chi connectivity index (χ1n) is 8.59. The summed E-state index contributed by atoms with van der Waals surface area (Å²) in [6.07, 6.45) is 1.64. The second-order valence-electron chi connectivity index (χ2n) is 5.55. The molecule has 0 unspecified atom stereocenters. The maximum atomic E-state index is 11.8. The number of carbonyl (C=O) groups excluding carboxylic acids is 1. The Morgan fingerprint density at radius 1 is 0.920 bits per heavy atom. The van der Waals surface area contributed by atoms with E-state index >= 15 is 0 Å². The largest absolute Gasteiger partial charge is 0.496 e. The second-order valence-corrected chi connectivity index (χ2v) is 5.55. The Kier molecular flexibility index (Phi) is 7.63. The summed E-state index contributed by atoms with van der Waals surface area (Å²) in [7, 11) is 1.65. The third-order valence-corrected chi connectivity index (χ3v) is 3.87. The minimum atomic E-state index is -0.192. The number of nitrogens with one attached hydrogen (secondary N) is 2. The average Bonchev–Trinajstić information content (AvgIpc) is 2.66. The first-order valence-corrected chi connectivity index (χ1v) is 8.59. The number of ether oxygens (including phenoxy) is 2. The summed E-state index contributed by atoms with van der Waals surface area (Å²) in [5, 5.41) is 5.64. The van der Waals surface area contributed by atoms with Gasteiger partial charge >= 0.3 is 6.03 Å². The Bertz CT molecular complexity index is 673. The molecule has 5 heteroatoms. The van der Waals surface area contributed by atoms with Gasteiger partial charge in [0.25, 0.3) is 0 Å². The summed E-state index contributed by atoms with van der Waals surface area (Å²) >= 11 is 0. The molecule has 2 rings (SSSR count). The highest BCUT2D eigenvalue weighted by molar-refractivity contribution is 5.73. The van der Waals surface area contributed by atoms with Gasteiger partial charge < -0.3 is 20.1 Å². The van der Waals surface area contributed by atoms with E-state index in [1.807, 2.05) is 48.5 Å². The third kappa shape index (κ3) is 6.03. The normalized spacial score (nSPS) is 10.2. The number of rotatable bonds is 9. The fourth-order valence-electron chi connectivity index (χ4n) is 2.54. The Morgan fingerprint density at radius 3 is 2.28 bits per heavy atom. The van der Waals surface area contributed by atoms with Crippen molar-refractivity contribution in [2.75, 3.05) is 26.8 Å². The lowest BCUT2D eigenvalue weighted by Gasteiger charge is -2.12. The molecule has 0 saturated heterocycles. The molecule has 0 spiro atoms. The molecule has 0 radical (unpaired) electrons. The fraction of sp³-hybridized carbons (Fsp3) is 0.350. The number of hydrogen-bond donors (Lipinski definition) is 2. The van der Waals surface area contributed by atoms with Crippen LogP contribution in [0.5, 0.6) is 11.5 Å². The smallest absolute Gasteiger partial charge is 0.314 e. The zero-order valence-corrected chi connectivity index (χ0v) is 14.9. The quantitative estimate of drug-likeness (QED) is 0.688. The lowest BCUT2D eigenvalue weighted by molar-refractivity contribution is 0.236. The summed E-state index contributed by atoms with van der Waals surface area (Å²) in [5.41, 5.74) is 2.24. The molecule has 5 nitrogen and oxygen atoms in total. The SMILES string of the molecule is CCc1ccccc1OCCNC(=O)NCCc1ccccc1OC. The van der Waals surface area contributed by atoms with E-state index in [2.05, 4.69) is 17.6 Å². The van der Waals surface area contributed by atoms with E-state index in [9.17, 15) is 4.79 Å². The summed E-state index contributed by atoms with van der Waals surface area (Å²) in [4.78, 5) is 11.8. The molecule has 0 aliphatic rings. The average molecular weight is 342 g/mol. The molecule has 2 aromatic carbocycles. The molecule has 0 saturated carbocycles. The van der Waals surface area contributed by atoms with Crippen molar-refractivity contribution in [3.8, 4) is 11.5 Å². The first kappa shape index (κ1) is 18.6. The highest BCUT2D eigenvalue weighted by Crippen LogP contribution is 2.18. The maximum absolute atomic E-state index is 11.8. The van der Waals surface area contributed by atoms with E-state index in [1.54, 1.807) is 7.11 Å². The Balaban J connectivity index is 1.64. The van der Waals surface area contributed by atoms with Crippen molar-refractivity contribution in [3.05, 3.63) is 59.7 Å². The van der Waals surface area contributed by atoms with Crippen LogP contribution in [0.2, 0.25) is 0 Å². The number of benzene rings is 2. The van der Waals surface area contributed by atoms with Gasteiger partial charge in [0.15, 0.2) is 0 Å². The van der Waals surface area contributed by atoms with Crippen LogP contribution >= 0.6 is 0 Å². The minimum absolute atomic E-state index is 0.192. The molecule has 0 aromatic heterocycles. The zero-order valence-electron chi connectivity index (χ0n) is 14.9. The number of methoxy groups -OCH3 is 1. The molecule has 2 aromatic rings. The predicted molar refractivity (Wildman–Crippen MR) is 99.4 cm³/mol. The summed E-state index contributed by atoms with van der Waals surface area (Å²) in [5.74, 6) is 1.72. The van der Waals surface area contributed by atoms with Gasteiger partial charge in [-0.3, -0.25) is 0 Å². The zero-order chi connectivity index (χ0) is 17.9. The van der Waals surface area contributed by atoms with E-state index in [0.29, 0.717) is 19.7 Å². The second kappa shape index (κ2) is 10.2. The minimum Gasteiger partial charge on any atom is -0.496 e. The van der Waals surface area contributed by atoms with Crippen molar-refractivity contribution in [1.82, 2.24) is 10.6 Å². The molecule has 0 bridgehead atoms. The van der Waals surface area contributed by atoms with Crippen LogP contribution in [0.4, 0.5) is 4.79 Å². The molecule has 0 fully saturated rings. The summed E-state index contributed by atoms with van der Waals surface area (Å²) < 4.78 is 11.0. The van der Waals surface area contributed by atoms with Crippen LogP contribution in [0.3, 0.4) is 0 Å². The number of aryl methyl sites for hydroxylation is 1. The van der Waals surface area contributed by atoms with Crippen molar-refractivity contribution in [1.29, 1.82) is 0 Å². The van der Waals surface area contributed by atoms with Crippen molar-refractivity contribution in [2.45, 2.75) is 19.8 Å². The molecule has 2 N–H and O–H groups in total. The predicted octanol–water partition coefficient (Wildman–Crippen LogP) is 3.18. The molecule has 2 amide bonds. The van der Waals surface area contributed by atoms with Gasteiger partial charge in [-0.15, -0.1) is 0 Å². The summed E-state index contributed by atoms with van der Waals surface area (Å²) in [6.45, 7) is 3.54. The molecule has 0 atom stereocenters. The van der Waals surface area contributed by atoms with Crippen LogP contribution in [0.15, 0.2) is 48.5 Å².